The molecule has 0 fully saturated rings. The number of carboxylic acid groups (broad SMARTS) is 1. The Morgan fingerprint density at radius 2 is 2.29 bits per heavy atom. The van der Waals surface area contributed by atoms with Crippen molar-refractivity contribution in [1.29, 1.82) is 0 Å². The molecule has 1 aromatic rings. The summed E-state index contributed by atoms with van der Waals surface area (Å²) < 4.78 is 10.1. The summed E-state index contributed by atoms with van der Waals surface area (Å²) in [6.07, 6.45) is 0. The highest BCUT2D eigenvalue weighted by Crippen LogP contribution is 2.14. The van der Waals surface area contributed by atoms with Gasteiger partial charge in [-0.25, -0.2) is 4.79 Å². The quantitative estimate of drug-likeness (QED) is 0.652. The van der Waals surface area contributed by atoms with Crippen LogP contribution in [-0.2, 0) is 16.0 Å². The van der Waals surface area contributed by atoms with Crippen LogP contribution in [-0.4, -0.2) is 44.6 Å². The summed E-state index contributed by atoms with van der Waals surface area (Å²) in [5.41, 5.74) is 0.350. The highest BCUT2D eigenvalue weighted by atomic mass is 32.1. The van der Waals surface area contributed by atoms with Crippen molar-refractivity contribution in [2.24, 2.45) is 0 Å². The highest BCUT2D eigenvalue weighted by molar-refractivity contribution is 7.10. The summed E-state index contributed by atoms with van der Waals surface area (Å²) in [5.74, 6) is -0.879. The van der Waals surface area contributed by atoms with Gasteiger partial charge in [0.05, 0.1) is 25.4 Å². The first-order chi connectivity index (χ1) is 8.24. The van der Waals surface area contributed by atoms with Gasteiger partial charge in [0.1, 0.15) is 0 Å². The van der Waals surface area contributed by atoms with Gasteiger partial charge < -0.3 is 19.9 Å². The molecular formula is C11H17NO4S. The lowest BCUT2D eigenvalue weighted by Crippen LogP contribution is -2.19. The van der Waals surface area contributed by atoms with E-state index < -0.39 is 5.97 Å². The Labute approximate surface area is 104 Å². The van der Waals surface area contributed by atoms with Crippen LogP contribution in [0.4, 0.5) is 0 Å². The second kappa shape index (κ2) is 8.19. The molecule has 2 N–H and O–H groups in total. The average molecular weight is 259 g/mol. The van der Waals surface area contributed by atoms with Crippen LogP contribution in [0.25, 0.3) is 0 Å². The Bertz CT molecular complexity index is 340. The van der Waals surface area contributed by atoms with E-state index in [0.29, 0.717) is 31.9 Å². The minimum Gasteiger partial charge on any atom is -0.478 e. The Kier molecular flexibility index (Phi) is 6.80. The first-order valence-corrected chi connectivity index (χ1v) is 6.20. The number of thiophene rings is 1. The fourth-order valence-electron chi connectivity index (χ4n) is 1.19. The first kappa shape index (κ1) is 14.1. The summed E-state index contributed by atoms with van der Waals surface area (Å²) >= 11 is 1.45. The summed E-state index contributed by atoms with van der Waals surface area (Å²) in [6, 6.07) is 1.69. The predicted molar refractivity (Wildman–Crippen MR) is 65.7 cm³/mol. The van der Waals surface area contributed by atoms with E-state index in [1.807, 2.05) is 0 Å². The first-order valence-electron chi connectivity index (χ1n) is 5.32. The number of hydrogen-bond acceptors (Lipinski definition) is 5. The van der Waals surface area contributed by atoms with Crippen molar-refractivity contribution in [3.8, 4) is 0 Å². The molecule has 0 unspecified atom stereocenters. The van der Waals surface area contributed by atoms with Gasteiger partial charge in [-0.15, -0.1) is 11.3 Å². The van der Waals surface area contributed by atoms with Crippen LogP contribution in [0.5, 0.6) is 0 Å². The molecule has 0 atom stereocenters. The van der Waals surface area contributed by atoms with Crippen LogP contribution in [0, 0.1) is 0 Å². The summed E-state index contributed by atoms with van der Waals surface area (Å²) in [6.45, 7) is 3.24. The Morgan fingerprint density at radius 3 is 2.94 bits per heavy atom. The van der Waals surface area contributed by atoms with Crippen molar-refractivity contribution in [3.05, 3.63) is 21.9 Å². The minimum atomic E-state index is -0.879. The largest absolute Gasteiger partial charge is 0.478 e. The number of aromatic carboxylic acids is 1. The SMILES string of the molecule is COCCOCCNCc1cc(C(=O)O)cs1. The number of nitrogens with one attached hydrogen (secondary N) is 1. The zero-order valence-electron chi connectivity index (χ0n) is 9.77. The van der Waals surface area contributed by atoms with Gasteiger partial charge in [-0.3, -0.25) is 0 Å². The maximum absolute atomic E-state index is 10.6. The topological polar surface area (TPSA) is 67.8 Å². The number of carboxylic acids is 1. The van der Waals surface area contributed by atoms with Crippen LogP contribution in [0.2, 0.25) is 0 Å². The lowest BCUT2D eigenvalue weighted by atomic mass is 10.3. The standard InChI is InChI=1S/C11H17NO4S/c1-15-4-5-16-3-2-12-7-10-6-9(8-17-10)11(13)14/h6,8,12H,2-5,7H2,1H3,(H,13,14). The Hall–Kier alpha value is -0.950. The van der Waals surface area contributed by atoms with Gasteiger partial charge in [-0.1, -0.05) is 0 Å². The zero-order valence-corrected chi connectivity index (χ0v) is 10.6. The monoisotopic (exact) mass is 259 g/mol. The third-order valence-corrected chi connectivity index (χ3v) is 2.99. The normalized spacial score (nSPS) is 10.6. The van der Waals surface area contributed by atoms with Crippen LogP contribution >= 0.6 is 11.3 Å². The van der Waals surface area contributed by atoms with Crippen molar-refractivity contribution >= 4 is 17.3 Å². The molecule has 0 bridgehead atoms. The fourth-order valence-corrected chi connectivity index (χ4v) is 2.01. The lowest BCUT2D eigenvalue weighted by molar-refractivity contribution is 0.0697. The van der Waals surface area contributed by atoms with Gasteiger partial charge in [0.15, 0.2) is 0 Å². The van der Waals surface area contributed by atoms with E-state index in [4.69, 9.17) is 14.6 Å². The van der Waals surface area contributed by atoms with Gasteiger partial charge in [0, 0.05) is 30.5 Å². The van der Waals surface area contributed by atoms with Gasteiger partial charge in [-0.05, 0) is 6.07 Å². The fraction of sp³-hybridized carbons (Fsp3) is 0.545. The molecule has 17 heavy (non-hydrogen) atoms. The maximum Gasteiger partial charge on any atom is 0.336 e. The van der Waals surface area contributed by atoms with Gasteiger partial charge in [0.25, 0.3) is 0 Å². The van der Waals surface area contributed by atoms with Crippen molar-refractivity contribution in [1.82, 2.24) is 5.32 Å². The average Bonchev–Trinajstić information content (AvgIpc) is 2.77. The van der Waals surface area contributed by atoms with Crippen molar-refractivity contribution in [3.63, 3.8) is 0 Å². The van der Waals surface area contributed by atoms with Crippen LogP contribution in [0.15, 0.2) is 11.4 Å². The Balaban J connectivity index is 2.07. The summed E-state index contributed by atoms with van der Waals surface area (Å²) in [5, 5.41) is 13.6. The van der Waals surface area contributed by atoms with Gasteiger partial charge >= 0.3 is 5.97 Å². The smallest absolute Gasteiger partial charge is 0.336 e. The molecule has 1 rings (SSSR count). The molecule has 0 aliphatic carbocycles. The molecule has 1 heterocycles. The second-order valence-electron chi connectivity index (χ2n) is 3.39. The molecule has 0 saturated carbocycles. The van der Waals surface area contributed by atoms with Crippen LogP contribution in [0.3, 0.4) is 0 Å². The predicted octanol–water partition coefficient (Wildman–Crippen LogP) is 1.20. The van der Waals surface area contributed by atoms with Gasteiger partial charge in [-0.2, -0.15) is 0 Å². The van der Waals surface area contributed by atoms with Crippen molar-refractivity contribution < 1.29 is 19.4 Å². The number of hydrogen-bond donors (Lipinski definition) is 2. The molecular weight excluding hydrogens is 242 g/mol. The van der Waals surface area contributed by atoms with Gasteiger partial charge in [0.2, 0.25) is 0 Å². The summed E-state index contributed by atoms with van der Waals surface area (Å²) in [4.78, 5) is 11.7. The van der Waals surface area contributed by atoms with Crippen molar-refractivity contribution in [2.75, 3.05) is 33.5 Å². The lowest BCUT2D eigenvalue weighted by Gasteiger charge is -2.04. The molecule has 0 radical (unpaired) electrons. The number of rotatable bonds is 9. The van der Waals surface area contributed by atoms with Crippen LogP contribution in [0.1, 0.15) is 15.2 Å². The molecule has 0 saturated heterocycles. The molecule has 0 spiro atoms. The van der Waals surface area contributed by atoms with E-state index in [1.165, 1.54) is 11.3 Å². The van der Waals surface area contributed by atoms with E-state index in [2.05, 4.69) is 5.32 Å². The molecule has 6 heteroatoms. The Morgan fingerprint density at radius 1 is 1.47 bits per heavy atom. The molecule has 96 valence electrons. The van der Waals surface area contributed by atoms with E-state index in [-0.39, 0.29) is 0 Å². The third kappa shape index (κ3) is 5.78. The molecule has 0 amide bonds. The minimum absolute atomic E-state index is 0.350. The molecule has 5 nitrogen and oxygen atoms in total. The van der Waals surface area contributed by atoms with Crippen molar-refractivity contribution in [2.45, 2.75) is 6.54 Å². The van der Waals surface area contributed by atoms with E-state index in [1.54, 1.807) is 18.6 Å². The highest BCUT2D eigenvalue weighted by Gasteiger charge is 2.05. The number of methoxy groups -OCH3 is 1. The summed E-state index contributed by atoms with van der Waals surface area (Å²) in [7, 11) is 1.64. The maximum atomic E-state index is 10.6. The van der Waals surface area contributed by atoms with E-state index in [9.17, 15) is 4.79 Å². The van der Waals surface area contributed by atoms with Crippen LogP contribution < -0.4 is 5.32 Å². The van der Waals surface area contributed by atoms with E-state index in [0.717, 1.165) is 11.4 Å². The number of carbonyl (C=O) groups is 1. The van der Waals surface area contributed by atoms with E-state index >= 15 is 0 Å². The molecule has 0 aromatic carbocycles. The molecule has 0 aliphatic rings. The molecule has 0 aliphatic heterocycles. The molecule has 1 aromatic heterocycles. The number of ether oxygens (including phenoxy) is 2. The zero-order chi connectivity index (χ0) is 12.5. The second-order valence-corrected chi connectivity index (χ2v) is 4.38. The third-order valence-electron chi connectivity index (χ3n) is 2.05.